The van der Waals surface area contributed by atoms with Gasteiger partial charge in [-0.15, -0.1) is 0 Å². The van der Waals surface area contributed by atoms with Crippen LogP contribution in [0.5, 0.6) is 0 Å². The Hall–Kier alpha value is -3.92. The summed E-state index contributed by atoms with van der Waals surface area (Å²) in [6.07, 6.45) is 0.915. The molecule has 0 aromatic carbocycles. The highest BCUT2D eigenvalue weighted by Gasteiger charge is 2.43. The number of carboxylic acid groups (broad SMARTS) is 2. The van der Waals surface area contributed by atoms with Gasteiger partial charge in [0.25, 0.3) is 11.9 Å². The number of aliphatic carboxylic acids is 2. The van der Waals surface area contributed by atoms with Crippen LogP contribution in [-0.2, 0) is 23.8 Å². The van der Waals surface area contributed by atoms with Crippen LogP contribution in [0, 0.1) is 11.3 Å². The lowest BCUT2D eigenvalue weighted by Crippen LogP contribution is -2.34. The van der Waals surface area contributed by atoms with Gasteiger partial charge in [0.15, 0.2) is 11.4 Å². The number of nitrogens with zero attached hydrogens (tertiary/aromatic N) is 4. The van der Waals surface area contributed by atoms with Gasteiger partial charge in [-0.2, -0.15) is 10.4 Å². The van der Waals surface area contributed by atoms with Gasteiger partial charge in [-0.25, -0.2) is 14.3 Å². The largest absolute Gasteiger partial charge is 0.508 e. The lowest BCUT2D eigenvalue weighted by atomic mass is 10.0. The summed E-state index contributed by atoms with van der Waals surface area (Å²) in [6, 6.07) is 5.76. The number of rotatable bonds is 4. The van der Waals surface area contributed by atoms with E-state index in [9.17, 15) is 10.1 Å². The monoisotopic (exact) mass is 465 g/mol. The molecule has 2 unspecified atom stereocenters. The van der Waals surface area contributed by atoms with Crippen molar-refractivity contribution in [1.29, 1.82) is 5.26 Å². The first-order valence-electron chi connectivity index (χ1n) is 9.80. The molecular formula is C20H27N5O8. The number of hydrogen-bond donors (Lipinski definition) is 3. The topological polar surface area (TPSA) is 199 Å². The number of nitrogen functional groups attached to an aromatic ring is 1. The molecule has 2 aromatic rings. The second-order valence-electron chi connectivity index (χ2n) is 7.20. The summed E-state index contributed by atoms with van der Waals surface area (Å²) in [5.41, 5.74) is 6.07. The van der Waals surface area contributed by atoms with E-state index >= 15 is 0 Å². The smallest absolute Gasteiger partial charge is 0.481 e. The molecule has 0 spiro atoms. The average molecular weight is 465 g/mol. The first-order chi connectivity index (χ1) is 15.4. The third-order valence-corrected chi connectivity index (χ3v) is 3.98. The maximum absolute atomic E-state index is 11.5. The standard InChI is InChI=1S/C16H19N5O4.2C2H4O2/c1-10(2)24-15(22)23-8-16(7-17)6-5-13(25-16)11-3-4-12-14(18)19-9-20-21(11)12;2*1-2(3)4/h3-4,9-10,13H,5-6,8H2,1-2H3,(H2,18,19,20);2*1H3,(H,3,4). The van der Waals surface area contributed by atoms with Crippen molar-refractivity contribution in [1.82, 2.24) is 14.6 Å². The van der Waals surface area contributed by atoms with E-state index in [1.807, 2.05) is 6.07 Å². The van der Waals surface area contributed by atoms with Crippen LogP contribution in [0.3, 0.4) is 0 Å². The van der Waals surface area contributed by atoms with E-state index in [0.717, 1.165) is 19.5 Å². The van der Waals surface area contributed by atoms with E-state index in [1.165, 1.54) is 6.33 Å². The zero-order valence-electron chi connectivity index (χ0n) is 18.7. The lowest BCUT2D eigenvalue weighted by Gasteiger charge is -2.21. The fourth-order valence-corrected chi connectivity index (χ4v) is 2.80. The summed E-state index contributed by atoms with van der Waals surface area (Å²) in [7, 11) is 0. The highest BCUT2D eigenvalue weighted by atomic mass is 16.7. The van der Waals surface area contributed by atoms with Gasteiger partial charge in [-0.05, 0) is 38.8 Å². The van der Waals surface area contributed by atoms with Crippen LogP contribution in [0.25, 0.3) is 5.52 Å². The molecule has 0 aliphatic carbocycles. The van der Waals surface area contributed by atoms with E-state index in [-0.39, 0.29) is 18.8 Å². The average Bonchev–Trinajstić information content (AvgIpc) is 3.30. The molecule has 3 heterocycles. The van der Waals surface area contributed by atoms with Crippen LogP contribution in [-0.4, -0.2) is 61.2 Å². The second-order valence-corrected chi connectivity index (χ2v) is 7.20. The zero-order valence-corrected chi connectivity index (χ0v) is 18.7. The molecular weight excluding hydrogens is 438 g/mol. The molecule has 13 heteroatoms. The Kier molecular flexibility index (Phi) is 10.0. The quantitative estimate of drug-likeness (QED) is 0.556. The highest BCUT2D eigenvalue weighted by Crippen LogP contribution is 2.40. The van der Waals surface area contributed by atoms with Crippen molar-refractivity contribution < 1.29 is 38.8 Å². The number of aromatic nitrogens is 3. The van der Waals surface area contributed by atoms with Crippen LogP contribution in [0.1, 0.15) is 52.3 Å². The van der Waals surface area contributed by atoms with Crippen molar-refractivity contribution in [2.45, 2.75) is 58.3 Å². The molecule has 33 heavy (non-hydrogen) atoms. The molecule has 0 bridgehead atoms. The summed E-state index contributed by atoms with van der Waals surface area (Å²) in [5, 5.41) is 28.5. The second kappa shape index (κ2) is 12.2. The van der Waals surface area contributed by atoms with Gasteiger partial charge in [0.2, 0.25) is 0 Å². The molecule has 0 radical (unpaired) electrons. The fourth-order valence-electron chi connectivity index (χ4n) is 2.80. The molecule has 2 aromatic heterocycles. The lowest BCUT2D eigenvalue weighted by molar-refractivity contribution is -0.135. The molecule has 0 amide bonds. The van der Waals surface area contributed by atoms with Gasteiger partial charge >= 0.3 is 6.16 Å². The van der Waals surface area contributed by atoms with Crippen LogP contribution >= 0.6 is 0 Å². The molecule has 0 saturated carbocycles. The van der Waals surface area contributed by atoms with E-state index in [2.05, 4.69) is 16.2 Å². The Labute approximate surface area is 189 Å². The van der Waals surface area contributed by atoms with Crippen LogP contribution in [0.4, 0.5) is 10.6 Å². The van der Waals surface area contributed by atoms with Gasteiger partial charge < -0.3 is 30.2 Å². The number of carbonyl (C=O) groups excluding carboxylic acids is 1. The van der Waals surface area contributed by atoms with Gasteiger partial charge in [0.1, 0.15) is 30.6 Å². The van der Waals surface area contributed by atoms with Gasteiger partial charge in [0, 0.05) is 13.8 Å². The molecule has 3 rings (SSSR count). The van der Waals surface area contributed by atoms with Crippen molar-refractivity contribution >= 4 is 29.4 Å². The maximum atomic E-state index is 11.5. The van der Waals surface area contributed by atoms with E-state index in [1.54, 1.807) is 24.4 Å². The van der Waals surface area contributed by atoms with Crippen molar-refractivity contribution in [3.05, 3.63) is 24.2 Å². The number of carbonyl (C=O) groups is 3. The SMILES string of the molecule is CC(=O)O.CC(=O)O.CC(C)OC(=O)OCC1(C#N)CCC(c2ccc3c(N)ncnn23)O1. The molecule has 2 atom stereocenters. The Bertz CT molecular complexity index is 996. The summed E-state index contributed by atoms with van der Waals surface area (Å²) in [5.74, 6) is -1.30. The van der Waals surface area contributed by atoms with Gasteiger partial charge in [0.05, 0.1) is 11.8 Å². The zero-order chi connectivity index (χ0) is 25.2. The van der Waals surface area contributed by atoms with Crippen LogP contribution in [0.2, 0.25) is 0 Å². The first kappa shape index (κ1) is 27.1. The fraction of sp³-hybridized carbons (Fsp3) is 0.500. The summed E-state index contributed by atoms with van der Waals surface area (Å²) in [6.45, 7) is 5.41. The molecule has 1 fully saturated rings. The number of hydrogen-bond acceptors (Lipinski definition) is 10. The first-order valence-corrected chi connectivity index (χ1v) is 9.80. The van der Waals surface area contributed by atoms with Gasteiger partial charge in [-0.1, -0.05) is 0 Å². The molecule has 4 N–H and O–H groups in total. The third kappa shape index (κ3) is 8.62. The maximum Gasteiger partial charge on any atom is 0.508 e. The van der Waals surface area contributed by atoms with E-state index in [4.69, 9.17) is 39.7 Å². The minimum absolute atomic E-state index is 0.189. The predicted octanol–water partition coefficient (Wildman–Crippen LogP) is 2.17. The van der Waals surface area contributed by atoms with Crippen molar-refractivity contribution in [3.8, 4) is 6.07 Å². The third-order valence-electron chi connectivity index (χ3n) is 3.98. The summed E-state index contributed by atoms with van der Waals surface area (Å²) < 4.78 is 17.5. The Morgan fingerprint density at radius 2 is 1.94 bits per heavy atom. The predicted molar refractivity (Wildman–Crippen MR) is 113 cm³/mol. The summed E-state index contributed by atoms with van der Waals surface area (Å²) >= 11 is 0. The molecule has 13 nitrogen and oxygen atoms in total. The van der Waals surface area contributed by atoms with Crippen molar-refractivity contribution in [2.24, 2.45) is 0 Å². The number of nitriles is 1. The molecule has 180 valence electrons. The Morgan fingerprint density at radius 3 is 2.48 bits per heavy atom. The Balaban J connectivity index is 0.000000591. The van der Waals surface area contributed by atoms with Crippen LogP contribution in [0.15, 0.2) is 18.5 Å². The van der Waals surface area contributed by atoms with Crippen LogP contribution < -0.4 is 5.73 Å². The molecule has 1 saturated heterocycles. The molecule has 1 aliphatic heterocycles. The molecule has 1 aliphatic rings. The number of ether oxygens (including phenoxy) is 3. The van der Waals surface area contributed by atoms with E-state index < -0.39 is 23.7 Å². The number of carboxylic acids is 2. The minimum Gasteiger partial charge on any atom is -0.481 e. The highest BCUT2D eigenvalue weighted by molar-refractivity contribution is 5.65. The summed E-state index contributed by atoms with van der Waals surface area (Å²) in [4.78, 5) is 33.5. The normalized spacial score (nSPS) is 18.8. The number of anilines is 1. The Morgan fingerprint density at radius 1 is 1.33 bits per heavy atom. The van der Waals surface area contributed by atoms with Gasteiger partial charge in [-0.3, -0.25) is 9.59 Å². The number of nitrogens with two attached hydrogens (primary N) is 1. The van der Waals surface area contributed by atoms with Crippen molar-refractivity contribution in [2.75, 3.05) is 12.3 Å². The number of fused-ring (bicyclic) bond motifs is 1. The van der Waals surface area contributed by atoms with E-state index in [0.29, 0.717) is 24.2 Å². The minimum atomic E-state index is -1.20. The van der Waals surface area contributed by atoms with Crippen molar-refractivity contribution in [3.63, 3.8) is 0 Å².